The van der Waals surface area contributed by atoms with Crippen molar-refractivity contribution in [2.75, 3.05) is 43.1 Å². The standard InChI is InChI=1S/C24H29N3O5S/c1-3-18-5-8-21(9-6-18)27-16-19(14-23(27)28)24(29)25-20-7-4-17(2)22(15-20)33(30,31)26-10-12-32-13-11-26/h4-9,15,19H,3,10-14,16H2,1-2H3,(H,25,29)/t19-/m0/s1. The van der Waals surface area contributed by atoms with Gasteiger partial charge in [-0.1, -0.05) is 25.1 Å². The van der Waals surface area contributed by atoms with Gasteiger partial charge in [0.15, 0.2) is 0 Å². The molecule has 176 valence electrons. The Morgan fingerprint density at radius 1 is 1.12 bits per heavy atom. The second-order valence-corrected chi connectivity index (χ2v) is 10.3. The van der Waals surface area contributed by atoms with Crippen LogP contribution in [0.15, 0.2) is 47.4 Å². The van der Waals surface area contributed by atoms with Gasteiger partial charge in [-0.3, -0.25) is 9.59 Å². The van der Waals surface area contributed by atoms with Gasteiger partial charge in [-0.05, 0) is 48.7 Å². The molecule has 0 bridgehead atoms. The lowest BCUT2D eigenvalue weighted by molar-refractivity contribution is -0.122. The third-order valence-electron chi connectivity index (χ3n) is 6.20. The van der Waals surface area contributed by atoms with Gasteiger partial charge >= 0.3 is 0 Å². The van der Waals surface area contributed by atoms with Crippen LogP contribution >= 0.6 is 0 Å². The molecule has 33 heavy (non-hydrogen) atoms. The molecule has 0 unspecified atom stereocenters. The largest absolute Gasteiger partial charge is 0.379 e. The van der Waals surface area contributed by atoms with Gasteiger partial charge < -0.3 is 15.0 Å². The number of rotatable bonds is 6. The normalized spacial score (nSPS) is 19.6. The van der Waals surface area contributed by atoms with E-state index in [0.29, 0.717) is 44.1 Å². The van der Waals surface area contributed by atoms with Crippen LogP contribution in [0, 0.1) is 12.8 Å². The molecule has 1 N–H and O–H groups in total. The fourth-order valence-corrected chi connectivity index (χ4v) is 5.83. The highest BCUT2D eigenvalue weighted by Gasteiger charge is 2.35. The van der Waals surface area contributed by atoms with Crippen molar-refractivity contribution < 1.29 is 22.7 Å². The van der Waals surface area contributed by atoms with Gasteiger partial charge in [0, 0.05) is 37.4 Å². The maximum Gasteiger partial charge on any atom is 0.243 e. The molecule has 2 fully saturated rings. The van der Waals surface area contributed by atoms with E-state index in [4.69, 9.17) is 4.74 Å². The number of morpholine rings is 1. The third kappa shape index (κ3) is 4.95. The van der Waals surface area contributed by atoms with Crippen LogP contribution in [0.25, 0.3) is 0 Å². The lowest BCUT2D eigenvalue weighted by atomic mass is 10.1. The average Bonchev–Trinajstić information content (AvgIpc) is 3.22. The molecule has 2 aliphatic rings. The number of ether oxygens (including phenoxy) is 1. The second kappa shape index (κ2) is 9.62. The Bertz CT molecular complexity index is 1140. The van der Waals surface area contributed by atoms with Crippen LogP contribution in [-0.4, -0.2) is 57.4 Å². The minimum absolute atomic E-state index is 0.0983. The Balaban J connectivity index is 1.47. The van der Waals surface area contributed by atoms with Crippen molar-refractivity contribution >= 4 is 33.2 Å². The zero-order valence-corrected chi connectivity index (χ0v) is 19.7. The number of hydrogen-bond donors (Lipinski definition) is 1. The molecule has 2 aromatic rings. The van der Waals surface area contributed by atoms with Crippen molar-refractivity contribution in [3.63, 3.8) is 0 Å². The van der Waals surface area contributed by atoms with Gasteiger partial charge in [0.25, 0.3) is 0 Å². The molecule has 8 nitrogen and oxygen atoms in total. The van der Waals surface area contributed by atoms with Crippen LogP contribution in [0.2, 0.25) is 0 Å². The second-order valence-electron chi connectivity index (χ2n) is 8.41. The number of sulfonamides is 1. The molecule has 0 saturated carbocycles. The van der Waals surface area contributed by atoms with Crippen molar-refractivity contribution in [3.05, 3.63) is 53.6 Å². The molecule has 0 spiro atoms. The fourth-order valence-electron chi connectivity index (χ4n) is 4.17. The van der Waals surface area contributed by atoms with E-state index in [9.17, 15) is 18.0 Å². The van der Waals surface area contributed by atoms with Crippen LogP contribution in [-0.2, 0) is 30.8 Å². The first kappa shape index (κ1) is 23.4. The van der Waals surface area contributed by atoms with Crippen molar-refractivity contribution in [2.24, 2.45) is 5.92 Å². The van der Waals surface area contributed by atoms with Crippen LogP contribution in [0.3, 0.4) is 0 Å². The highest BCUT2D eigenvalue weighted by atomic mass is 32.2. The molecule has 2 aliphatic heterocycles. The molecule has 2 heterocycles. The first-order chi connectivity index (χ1) is 15.8. The molecule has 1 atom stereocenters. The minimum atomic E-state index is -3.69. The molecule has 0 aromatic heterocycles. The maximum absolute atomic E-state index is 13.1. The summed E-state index contributed by atoms with van der Waals surface area (Å²) in [6, 6.07) is 12.6. The molecular formula is C24H29N3O5S. The number of aryl methyl sites for hydroxylation is 2. The van der Waals surface area contributed by atoms with Crippen LogP contribution in [0.1, 0.15) is 24.5 Å². The average molecular weight is 472 g/mol. The van der Waals surface area contributed by atoms with Gasteiger partial charge in [-0.15, -0.1) is 0 Å². The number of benzene rings is 2. The van der Waals surface area contributed by atoms with Crippen LogP contribution < -0.4 is 10.2 Å². The van der Waals surface area contributed by atoms with E-state index in [2.05, 4.69) is 12.2 Å². The SMILES string of the molecule is CCc1ccc(N2C[C@@H](C(=O)Nc3ccc(C)c(S(=O)(=O)N4CCOCC4)c3)CC2=O)cc1. The van der Waals surface area contributed by atoms with Gasteiger partial charge in [-0.2, -0.15) is 4.31 Å². The number of nitrogens with one attached hydrogen (secondary N) is 1. The third-order valence-corrected chi connectivity index (χ3v) is 8.24. The molecule has 2 saturated heterocycles. The zero-order valence-electron chi connectivity index (χ0n) is 18.9. The van der Waals surface area contributed by atoms with E-state index < -0.39 is 15.9 Å². The van der Waals surface area contributed by atoms with Crippen LogP contribution in [0.5, 0.6) is 0 Å². The Morgan fingerprint density at radius 2 is 1.82 bits per heavy atom. The molecule has 4 rings (SSSR count). The summed E-state index contributed by atoms with van der Waals surface area (Å²) >= 11 is 0. The molecule has 9 heteroatoms. The van der Waals surface area contributed by atoms with Crippen molar-refractivity contribution in [1.29, 1.82) is 0 Å². The maximum atomic E-state index is 13.1. The summed E-state index contributed by atoms with van der Waals surface area (Å²) < 4.78 is 32.9. The van der Waals surface area contributed by atoms with Crippen LogP contribution in [0.4, 0.5) is 11.4 Å². The highest BCUT2D eigenvalue weighted by Crippen LogP contribution is 2.28. The summed E-state index contributed by atoms with van der Waals surface area (Å²) in [5, 5.41) is 2.81. The first-order valence-corrected chi connectivity index (χ1v) is 12.6. The lowest BCUT2D eigenvalue weighted by Gasteiger charge is -2.27. The summed E-state index contributed by atoms with van der Waals surface area (Å²) in [6.45, 7) is 5.43. The molecular weight excluding hydrogens is 442 g/mol. The van der Waals surface area contributed by atoms with Gasteiger partial charge in [-0.25, -0.2) is 8.42 Å². The van der Waals surface area contributed by atoms with E-state index in [-0.39, 0.29) is 23.1 Å². The molecule has 2 aromatic carbocycles. The molecule has 2 amide bonds. The van der Waals surface area contributed by atoms with E-state index in [0.717, 1.165) is 12.1 Å². The summed E-state index contributed by atoms with van der Waals surface area (Å²) in [5.74, 6) is -0.905. The van der Waals surface area contributed by atoms with Crippen molar-refractivity contribution in [2.45, 2.75) is 31.6 Å². The zero-order chi connectivity index (χ0) is 23.6. The number of anilines is 2. The van der Waals surface area contributed by atoms with Gasteiger partial charge in [0.2, 0.25) is 21.8 Å². The number of carbonyl (C=O) groups excluding carboxylic acids is 2. The summed E-state index contributed by atoms with van der Waals surface area (Å²) in [7, 11) is -3.69. The number of nitrogens with zero attached hydrogens (tertiary/aromatic N) is 2. The Kier molecular flexibility index (Phi) is 6.83. The smallest absolute Gasteiger partial charge is 0.243 e. The Morgan fingerprint density at radius 3 is 2.48 bits per heavy atom. The highest BCUT2D eigenvalue weighted by molar-refractivity contribution is 7.89. The minimum Gasteiger partial charge on any atom is -0.379 e. The predicted octanol–water partition coefficient (Wildman–Crippen LogP) is 2.57. The summed E-state index contributed by atoms with van der Waals surface area (Å²) in [4.78, 5) is 27.3. The Hall–Kier alpha value is -2.75. The monoisotopic (exact) mass is 471 g/mol. The summed E-state index contributed by atoms with van der Waals surface area (Å²) in [6.07, 6.45) is 1.03. The van der Waals surface area contributed by atoms with Crippen molar-refractivity contribution in [1.82, 2.24) is 4.31 Å². The molecule has 0 aliphatic carbocycles. The van der Waals surface area contributed by atoms with E-state index in [1.165, 1.54) is 15.9 Å². The fraction of sp³-hybridized carbons (Fsp3) is 0.417. The van der Waals surface area contributed by atoms with Gasteiger partial charge in [0.1, 0.15) is 0 Å². The number of hydrogen-bond acceptors (Lipinski definition) is 5. The topological polar surface area (TPSA) is 96.0 Å². The van der Waals surface area contributed by atoms with Gasteiger partial charge in [0.05, 0.1) is 24.0 Å². The van der Waals surface area contributed by atoms with E-state index in [1.54, 1.807) is 24.0 Å². The Labute approximate surface area is 194 Å². The van der Waals surface area contributed by atoms with Crippen molar-refractivity contribution in [3.8, 4) is 0 Å². The predicted molar refractivity (Wildman–Crippen MR) is 126 cm³/mol. The summed E-state index contributed by atoms with van der Waals surface area (Å²) in [5.41, 5.74) is 2.97. The number of carbonyl (C=O) groups is 2. The number of amides is 2. The quantitative estimate of drug-likeness (QED) is 0.699. The first-order valence-electron chi connectivity index (χ1n) is 11.2. The van der Waals surface area contributed by atoms with E-state index in [1.807, 2.05) is 24.3 Å². The molecule has 0 radical (unpaired) electrons. The van der Waals surface area contributed by atoms with E-state index >= 15 is 0 Å². The lowest BCUT2D eigenvalue weighted by Crippen LogP contribution is -2.40.